The van der Waals surface area contributed by atoms with Gasteiger partial charge in [0.25, 0.3) is 0 Å². The van der Waals surface area contributed by atoms with Gasteiger partial charge in [-0.2, -0.15) is 0 Å². The number of ether oxygens (including phenoxy) is 1. The quantitative estimate of drug-likeness (QED) is 0.619. The minimum atomic E-state index is -0.576. The number of hydrogen-bond donors (Lipinski definition) is 0. The Labute approximate surface area is 124 Å². The summed E-state index contributed by atoms with van der Waals surface area (Å²) in [6.45, 7) is 5.61. The van der Waals surface area contributed by atoms with Crippen molar-refractivity contribution in [2.24, 2.45) is 0 Å². The molecule has 2 rings (SSSR count). The Morgan fingerprint density at radius 1 is 1.10 bits per heavy atom. The van der Waals surface area contributed by atoms with Gasteiger partial charge in [0.2, 0.25) is 5.78 Å². The van der Waals surface area contributed by atoms with Crippen LogP contribution in [0, 0.1) is 13.8 Å². The summed E-state index contributed by atoms with van der Waals surface area (Å²) >= 11 is 0. The van der Waals surface area contributed by atoms with E-state index < -0.39 is 6.10 Å². The third kappa shape index (κ3) is 3.57. The number of aldehydes is 1. The van der Waals surface area contributed by atoms with Gasteiger partial charge in [0, 0.05) is 11.1 Å². The van der Waals surface area contributed by atoms with Crippen molar-refractivity contribution < 1.29 is 14.3 Å². The molecule has 0 radical (unpaired) electrons. The third-order valence-corrected chi connectivity index (χ3v) is 3.36. The van der Waals surface area contributed by atoms with Gasteiger partial charge in [0.15, 0.2) is 6.10 Å². The van der Waals surface area contributed by atoms with Gasteiger partial charge >= 0.3 is 0 Å². The first-order chi connectivity index (χ1) is 10.0. The molecule has 0 saturated carbocycles. The second-order valence-corrected chi connectivity index (χ2v) is 5.13. The van der Waals surface area contributed by atoms with Gasteiger partial charge in [0.1, 0.15) is 12.0 Å². The van der Waals surface area contributed by atoms with E-state index in [9.17, 15) is 9.59 Å². The van der Waals surface area contributed by atoms with Crippen molar-refractivity contribution >= 4 is 12.1 Å². The molecular formula is C18H18O3. The lowest BCUT2D eigenvalue weighted by atomic mass is 9.99. The molecule has 0 amide bonds. The summed E-state index contributed by atoms with van der Waals surface area (Å²) in [7, 11) is 0. The maximum Gasteiger partial charge on any atom is 0.203 e. The van der Waals surface area contributed by atoms with Crippen molar-refractivity contribution in [1.82, 2.24) is 0 Å². The lowest BCUT2D eigenvalue weighted by Gasteiger charge is -2.15. The first-order valence-corrected chi connectivity index (χ1v) is 6.84. The largest absolute Gasteiger partial charge is 0.483 e. The van der Waals surface area contributed by atoms with Crippen LogP contribution in [0.5, 0.6) is 5.75 Å². The molecule has 0 N–H and O–H groups in total. The Hall–Kier alpha value is -2.42. The van der Waals surface area contributed by atoms with Gasteiger partial charge in [-0.15, -0.1) is 0 Å². The van der Waals surface area contributed by atoms with Crippen LogP contribution < -0.4 is 4.74 Å². The molecule has 1 unspecified atom stereocenters. The molecule has 21 heavy (non-hydrogen) atoms. The summed E-state index contributed by atoms with van der Waals surface area (Å²) in [5, 5.41) is 0. The SMILES string of the molecule is Cc1ccc(C)c(C(=O)C(C)Oc2ccc(C=O)cc2)c1. The molecule has 0 fully saturated rings. The average molecular weight is 282 g/mol. The van der Waals surface area contributed by atoms with Crippen molar-refractivity contribution in [1.29, 1.82) is 0 Å². The number of rotatable bonds is 5. The third-order valence-electron chi connectivity index (χ3n) is 3.36. The van der Waals surface area contributed by atoms with Crippen LogP contribution in [0.4, 0.5) is 0 Å². The first kappa shape index (κ1) is 15.0. The molecule has 3 heteroatoms. The van der Waals surface area contributed by atoms with E-state index >= 15 is 0 Å². The number of Topliss-reactive ketones (excluding diaryl/α,β-unsaturated/α-hetero) is 1. The Kier molecular flexibility index (Phi) is 4.53. The number of carbonyl (C=O) groups is 2. The zero-order chi connectivity index (χ0) is 15.4. The monoisotopic (exact) mass is 282 g/mol. The minimum Gasteiger partial charge on any atom is -0.483 e. The summed E-state index contributed by atoms with van der Waals surface area (Å²) in [5.41, 5.74) is 3.26. The van der Waals surface area contributed by atoms with E-state index in [0.29, 0.717) is 16.9 Å². The summed E-state index contributed by atoms with van der Waals surface area (Å²) < 4.78 is 5.66. The van der Waals surface area contributed by atoms with Crippen LogP contribution in [-0.4, -0.2) is 18.2 Å². The second kappa shape index (κ2) is 6.35. The van der Waals surface area contributed by atoms with E-state index in [-0.39, 0.29) is 5.78 Å². The van der Waals surface area contributed by atoms with Crippen molar-refractivity contribution in [3.63, 3.8) is 0 Å². The van der Waals surface area contributed by atoms with Crippen LogP contribution in [0.3, 0.4) is 0 Å². The molecule has 0 aromatic heterocycles. The van der Waals surface area contributed by atoms with E-state index in [0.717, 1.165) is 17.4 Å². The number of carbonyl (C=O) groups excluding carboxylic acids is 2. The Bertz CT molecular complexity index is 657. The van der Waals surface area contributed by atoms with Crippen molar-refractivity contribution in [3.05, 3.63) is 64.7 Å². The maximum atomic E-state index is 12.5. The van der Waals surface area contributed by atoms with Crippen LogP contribution in [0.15, 0.2) is 42.5 Å². The van der Waals surface area contributed by atoms with Crippen LogP contribution >= 0.6 is 0 Å². The van der Waals surface area contributed by atoms with Crippen LogP contribution in [0.1, 0.15) is 38.8 Å². The Morgan fingerprint density at radius 3 is 2.38 bits per heavy atom. The normalized spacial score (nSPS) is 11.8. The molecule has 0 aliphatic rings. The zero-order valence-corrected chi connectivity index (χ0v) is 12.4. The predicted molar refractivity (Wildman–Crippen MR) is 82.2 cm³/mol. The zero-order valence-electron chi connectivity index (χ0n) is 12.4. The van der Waals surface area contributed by atoms with Crippen molar-refractivity contribution in [3.8, 4) is 5.75 Å². The molecule has 2 aromatic rings. The number of ketones is 1. The highest BCUT2D eigenvalue weighted by Crippen LogP contribution is 2.18. The molecular weight excluding hydrogens is 264 g/mol. The summed E-state index contributed by atoms with van der Waals surface area (Å²) in [6.07, 6.45) is 0.196. The van der Waals surface area contributed by atoms with Gasteiger partial charge in [-0.25, -0.2) is 0 Å². The molecule has 0 spiro atoms. The van der Waals surface area contributed by atoms with Crippen LogP contribution in [-0.2, 0) is 0 Å². The average Bonchev–Trinajstić information content (AvgIpc) is 2.49. The lowest BCUT2D eigenvalue weighted by Crippen LogP contribution is -2.24. The fourth-order valence-electron chi connectivity index (χ4n) is 2.10. The van der Waals surface area contributed by atoms with Crippen molar-refractivity contribution in [2.75, 3.05) is 0 Å². The molecule has 0 aliphatic heterocycles. The van der Waals surface area contributed by atoms with Crippen LogP contribution in [0.2, 0.25) is 0 Å². The van der Waals surface area contributed by atoms with E-state index in [4.69, 9.17) is 4.74 Å². The summed E-state index contributed by atoms with van der Waals surface area (Å²) in [4.78, 5) is 23.1. The first-order valence-electron chi connectivity index (χ1n) is 6.84. The highest BCUT2D eigenvalue weighted by Gasteiger charge is 2.18. The number of hydrogen-bond acceptors (Lipinski definition) is 3. The standard InChI is InChI=1S/C18H18O3/c1-12-4-5-13(2)17(10-12)18(20)14(3)21-16-8-6-15(11-19)7-9-16/h4-11,14H,1-3H3. The smallest absolute Gasteiger partial charge is 0.203 e. The van der Waals surface area contributed by atoms with Gasteiger partial charge in [-0.3, -0.25) is 9.59 Å². The molecule has 2 aromatic carbocycles. The molecule has 0 saturated heterocycles. The molecule has 1 atom stereocenters. The van der Waals surface area contributed by atoms with Crippen LogP contribution in [0.25, 0.3) is 0 Å². The Balaban J connectivity index is 2.15. The van der Waals surface area contributed by atoms with E-state index in [2.05, 4.69) is 0 Å². The van der Waals surface area contributed by atoms with Gasteiger partial charge in [-0.05, 0) is 56.7 Å². The van der Waals surface area contributed by atoms with Gasteiger partial charge < -0.3 is 4.74 Å². The molecule has 108 valence electrons. The van der Waals surface area contributed by atoms with Crippen molar-refractivity contribution in [2.45, 2.75) is 26.9 Å². The lowest BCUT2D eigenvalue weighted by molar-refractivity contribution is 0.0817. The predicted octanol–water partition coefficient (Wildman–Crippen LogP) is 3.77. The molecule has 0 aliphatic carbocycles. The highest BCUT2D eigenvalue weighted by molar-refractivity contribution is 6.00. The Morgan fingerprint density at radius 2 is 1.76 bits per heavy atom. The van der Waals surface area contributed by atoms with Gasteiger partial charge in [-0.1, -0.05) is 17.7 Å². The molecule has 3 nitrogen and oxygen atoms in total. The molecule has 0 bridgehead atoms. The topological polar surface area (TPSA) is 43.4 Å². The van der Waals surface area contributed by atoms with E-state index in [1.54, 1.807) is 31.2 Å². The van der Waals surface area contributed by atoms with E-state index in [1.807, 2.05) is 32.0 Å². The fraction of sp³-hybridized carbons (Fsp3) is 0.222. The summed E-state index contributed by atoms with van der Waals surface area (Å²) in [6, 6.07) is 12.5. The second-order valence-electron chi connectivity index (χ2n) is 5.13. The van der Waals surface area contributed by atoms with E-state index in [1.165, 1.54) is 0 Å². The minimum absolute atomic E-state index is 0.0457. The highest BCUT2D eigenvalue weighted by atomic mass is 16.5. The summed E-state index contributed by atoms with van der Waals surface area (Å²) in [5.74, 6) is 0.530. The number of benzene rings is 2. The molecule has 0 heterocycles. The number of aryl methyl sites for hydroxylation is 2. The van der Waals surface area contributed by atoms with Gasteiger partial charge in [0.05, 0.1) is 0 Å². The maximum absolute atomic E-state index is 12.5. The fourth-order valence-corrected chi connectivity index (χ4v) is 2.10.